The molecule has 2 heterocycles. The Morgan fingerprint density at radius 3 is 2.92 bits per heavy atom. The predicted molar refractivity (Wildman–Crippen MR) is 96.7 cm³/mol. The van der Waals surface area contributed by atoms with E-state index in [0.717, 1.165) is 17.8 Å². The Bertz CT molecular complexity index is 969. The van der Waals surface area contributed by atoms with Gasteiger partial charge in [0.05, 0.1) is 5.69 Å². The van der Waals surface area contributed by atoms with Crippen molar-refractivity contribution in [3.63, 3.8) is 0 Å². The zero-order valence-corrected chi connectivity index (χ0v) is 14.8. The molecule has 0 aliphatic carbocycles. The number of carbonyl (C=O) groups is 1. The Morgan fingerprint density at radius 1 is 1.32 bits per heavy atom. The summed E-state index contributed by atoms with van der Waals surface area (Å²) in [6.45, 7) is 2.03. The second-order valence-corrected chi connectivity index (χ2v) is 6.66. The average molecular weight is 376 g/mol. The number of amides is 1. The van der Waals surface area contributed by atoms with Crippen molar-refractivity contribution in [1.29, 1.82) is 0 Å². The van der Waals surface area contributed by atoms with Crippen molar-refractivity contribution >= 4 is 34.0 Å². The van der Waals surface area contributed by atoms with Crippen molar-refractivity contribution in [2.45, 2.75) is 19.8 Å². The van der Waals surface area contributed by atoms with Crippen molar-refractivity contribution < 1.29 is 4.79 Å². The van der Waals surface area contributed by atoms with Crippen molar-refractivity contribution in [2.24, 2.45) is 0 Å². The Morgan fingerprint density at radius 2 is 2.16 bits per heavy atom. The minimum atomic E-state index is -0.624. The van der Waals surface area contributed by atoms with E-state index in [1.165, 1.54) is 28.3 Å². The zero-order chi connectivity index (χ0) is 17.8. The van der Waals surface area contributed by atoms with Gasteiger partial charge in [0, 0.05) is 23.7 Å². The van der Waals surface area contributed by atoms with Crippen molar-refractivity contribution in [2.75, 3.05) is 5.32 Å². The Hall–Kier alpha value is -2.58. The standard InChI is InChI=1S/C16H14ClN5O2S/c1-2-4-13-19-20-16(25-13)18-15(24)14-12(23)7-8-22(21-14)11-6-3-5-10(17)9-11/h3,5-9H,2,4H2,1H3,(H,18,20,24). The van der Waals surface area contributed by atoms with E-state index in [1.54, 1.807) is 24.3 Å². The Kier molecular flexibility index (Phi) is 5.20. The number of halogens is 1. The molecule has 0 saturated carbocycles. The number of rotatable bonds is 5. The summed E-state index contributed by atoms with van der Waals surface area (Å²) >= 11 is 7.25. The largest absolute Gasteiger partial charge is 0.295 e. The lowest BCUT2D eigenvalue weighted by Gasteiger charge is -2.07. The maximum Gasteiger partial charge on any atom is 0.282 e. The summed E-state index contributed by atoms with van der Waals surface area (Å²) in [5.41, 5.74) is -0.0634. The fourth-order valence-electron chi connectivity index (χ4n) is 2.10. The molecule has 0 fully saturated rings. The second-order valence-electron chi connectivity index (χ2n) is 5.16. The smallest absolute Gasteiger partial charge is 0.282 e. The number of carbonyl (C=O) groups excluding carboxylic acids is 1. The van der Waals surface area contributed by atoms with Crippen LogP contribution in [-0.2, 0) is 6.42 Å². The number of aryl methyl sites for hydroxylation is 1. The van der Waals surface area contributed by atoms with Gasteiger partial charge < -0.3 is 0 Å². The van der Waals surface area contributed by atoms with E-state index in [9.17, 15) is 9.59 Å². The van der Waals surface area contributed by atoms with Gasteiger partial charge in [-0.3, -0.25) is 14.9 Å². The fraction of sp³-hybridized carbons (Fsp3) is 0.188. The summed E-state index contributed by atoms with van der Waals surface area (Å²) in [6, 6.07) is 8.22. The highest BCUT2D eigenvalue weighted by Gasteiger charge is 2.16. The summed E-state index contributed by atoms with van der Waals surface area (Å²) in [5.74, 6) is -0.624. The van der Waals surface area contributed by atoms with Crippen LogP contribution < -0.4 is 10.7 Å². The monoisotopic (exact) mass is 375 g/mol. The molecule has 0 aliphatic heterocycles. The molecule has 0 spiro atoms. The maximum atomic E-state index is 12.4. The molecular weight excluding hydrogens is 362 g/mol. The topological polar surface area (TPSA) is 89.8 Å². The molecule has 1 aromatic carbocycles. The van der Waals surface area contributed by atoms with Crippen LogP contribution in [-0.4, -0.2) is 25.9 Å². The highest BCUT2D eigenvalue weighted by molar-refractivity contribution is 7.15. The van der Waals surface area contributed by atoms with Gasteiger partial charge in [-0.25, -0.2) is 4.68 Å². The first-order valence-corrected chi connectivity index (χ1v) is 8.76. The van der Waals surface area contributed by atoms with E-state index in [4.69, 9.17) is 11.6 Å². The molecule has 0 radical (unpaired) electrons. The normalized spacial score (nSPS) is 10.6. The van der Waals surface area contributed by atoms with Gasteiger partial charge in [-0.05, 0) is 24.6 Å². The summed E-state index contributed by atoms with van der Waals surface area (Å²) < 4.78 is 1.42. The van der Waals surface area contributed by atoms with E-state index < -0.39 is 11.3 Å². The number of anilines is 1. The lowest BCUT2D eigenvalue weighted by molar-refractivity contribution is 0.101. The van der Waals surface area contributed by atoms with Crippen LogP contribution >= 0.6 is 22.9 Å². The molecule has 7 nitrogen and oxygen atoms in total. The van der Waals surface area contributed by atoms with E-state index in [1.807, 2.05) is 6.92 Å². The summed E-state index contributed by atoms with van der Waals surface area (Å²) in [4.78, 5) is 24.4. The Labute approximate surface area is 152 Å². The highest BCUT2D eigenvalue weighted by atomic mass is 35.5. The quantitative estimate of drug-likeness (QED) is 0.740. The van der Waals surface area contributed by atoms with E-state index in [0.29, 0.717) is 15.8 Å². The molecule has 2 aromatic heterocycles. The molecule has 0 aliphatic rings. The van der Waals surface area contributed by atoms with Gasteiger partial charge in [0.25, 0.3) is 5.91 Å². The molecule has 0 bridgehead atoms. The number of nitrogens with one attached hydrogen (secondary N) is 1. The van der Waals surface area contributed by atoms with Gasteiger partial charge in [0.2, 0.25) is 10.6 Å². The molecule has 0 unspecified atom stereocenters. The molecule has 128 valence electrons. The second kappa shape index (κ2) is 7.54. The van der Waals surface area contributed by atoms with Crippen LogP contribution in [0.1, 0.15) is 28.8 Å². The van der Waals surface area contributed by atoms with Gasteiger partial charge in [0.1, 0.15) is 5.01 Å². The number of aromatic nitrogens is 4. The summed E-state index contributed by atoms with van der Waals surface area (Å²) in [7, 11) is 0. The minimum Gasteiger partial charge on any atom is -0.295 e. The van der Waals surface area contributed by atoms with Crippen LogP contribution in [0, 0.1) is 0 Å². The molecule has 3 rings (SSSR count). The third-order valence-corrected chi connectivity index (χ3v) is 4.38. The first-order valence-electron chi connectivity index (χ1n) is 7.56. The van der Waals surface area contributed by atoms with E-state index in [2.05, 4.69) is 20.6 Å². The first-order chi connectivity index (χ1) is 12.1. The molecule has 0 saturated heterocycles. The highest BCUT2D eigenvalue weighted by Crippen LogP contribution is 2.17. The number of benzene rings is 1. The predicted octanol–water partition coefficient (Wildman–Crippen LogP) is 2.94. The van der Waals surface area contributed by atoms with Crippen LogP contribution in [0.3, 0.4) is 0 Å². The summed E-state index contributed by atoms with van der Waals surface area (Å²) in [6.07, 6.45) is 3.21. The molecular formula is C16H14ClN5O2S. The molecule has 1 N–H and O–H groups in total. The number of hydrogen-bond donors (Lipinski definition) is 1. The van der Waals surface area contributed by atoms with Crippen LogP contribution in [0.5, 0.6) is 0 Å². The first kappa shape index (κ1) is 17.2. The maximum absolute atomic E-state index is 12.4. The SMILES string of the molecule is CCCc1nnc(NC(=O)c2nn(-c3cccc(Cl)c3)ccc2=O)s1. The van der Waals surface area contributed by atoms with Gasteiger partial charge in [-0.1, -0.05) is 35.9 Å². The van der Waals surface area contributed by atoms with Gasteiger partial charge >= 0.3 is 0 Å². The zero-order valence-electron chi connectivity index (χ0n) is 13.3. The third kappa shape index (κ3) is 4.09. The van der Waals surface area contributed by atoms with Gasteiger partial charge in [-0.2, -0.15) is 5.10 Å². The number of nitrogens with zero attached hydrogens (tertiary/aromatic N) is 4. The fourth-order valence-corrected chi connectivity index (χ4v) is 3.12. The molecule has 1 amide bonds. The van der Waals surface area contributed by atoms with Crippen molar-refractivity contribution in [3.05, 3.63) is 62.5 Å². The molecule has 3 aromatic rings. The molecule has 0 atom stereocenters. The van der Waals surface area contributed by atoms with Gasteiger partial charge in [-0.15, -0.1) is 10.2 Å². The van der Waals surface area contributed by atoms with Crippen LogP contribution in [0.15, 0.2) is 41.3 Å². The number of hydrogen-bond acceptors (Lipinski definition) is 6. The Balaban J connectivity index is 1.86. The minimum absolute atomic E-state index is 0.227. The van der Waals surface area contributed by atoms with Crippen LogP contribution in [0.4, 0.5) is 5.13 Å². The van der Waals surface area contributed by atoms with Crippen molar-refractivity contribution in [1.82, 2.24) is 20.0 Å². The summed E-state index contributed by atoms with van der Waals surface area (Å²) in [5, 5.41) is 16.3. The van der Waals surface area contributed by atoms with Gasteiger partial charge in [0.15, 0.2) is 5.69 Å². The van der Waals surface area contributed by atoms with Crippen molar-refractivity contribution in [3.8, 4) is 5.69 Å². The molecule has 9 heteroatoms. The lowest BCUT2D eigenvalue weighted by Crippen LogP contribution is -2.25. The van der Waals surface area contributed by atoms with Crippen LogP contribution in [0.25, 0.3) is 5.69 Å². The lowest BCUT2D eigenvalue weighted by atomic mass is 10.3. The van der Waals surface area contributed by atoms with E-state index >= 15 is 0 Å². The van der Waals surface area contributed by atoms with Crippen LogP contribution in [0.2, 0.25) is 5.02 Å². The third-order valence-electron chi connectivity index (χ3n) is 3.25. The van der Waals surface area contributed by atoms with E-state index in [-0.39, 0.29) is 5.69 Å². The molecule has 25 heavy (non-hydrogen) atoms. The average Bonchev–Trinajstić information content (AvgIpc) is 3.02.